The van der Waals surface area contributed by atoms with Crippen LogP contribution < -0.4 is 4.90 Å². The van der Waals surface area contributed by atoms with Gasteiger partial charge < -0.3 is 14.7 Å². The Morgan fingerprint density at radius 2 is 2.35 bits per heavy atom. The minimum Gasteiger partial charge on any atom is -0.390 e. The minimum atomic E-state index is -0.0140. The third-order valence-corrected chi connectivity index (χ3v) is 3.02. The zero-order valence-corrected chi connectivity index (χ0v) is 10.3. The topological polar surface area (TPSA) is 45.6 Å². The maximum Gasteiger partial charge on any atom is 0.0853 e. The maximum atomic E-state index is 9.02. The molecule has 0 radical (unpaired) electrons. The second-order valence-corrected chi connectivity index (χ2v) is 4.60. The molecule has 1 heterocycles. The van der Waals surface area contributed by atoms with Gasteiger partial charge in [0.1, 0.15) is 0 Å². The van der Waals surface area contributed by atoms with Crippen LogP contribution in [0.4, 0.5) is 5.69 Å². The summed E-state index contributed by atoms with van der Waals surface area (Å²) >= 11 is 0. The summed E-state index contributed by atoms with van der Waals surface area (Å²) in [6, 6.07) is 3.85. The molecule has 4 heteroatoms. The average molecular weight is 236 g/mol. The van der Waals surface area contributed by atoms with Gasteiger partial charge in [-0.1, -0.05) is 0 Å². The Hall–Kier alpha value is -1.13. The molecule has 0 bridgehead atoms. The molecule has 0 atom stereocenters. The minimum absolute atomic E-state index is 0.0140. The predicted octanol–water partition coefficient (Wildman–Crippen LogP) is 1.44. The first-order chi connectivity index (χ1) is 8.29. The molecule has 17 heavy (non-hydrogen) atoms. The van der Waals surface area contributed by atoms with Crippen LogP contribution >= 0.6 is 0 Å². The number of anilines is 1. The number of hydrogen-bond donors (Lipinski definition) is 1. The van der Waals surface area contributed by atoms with Crippen molar-refractivity contribution >= 4 is 5.69 Å². The summed E-state index contributed by atoms with van der Waals surface area (Å²) in [5.41, 5.74) is 1.77. The Labute approximate surface area is 102 Å². The summed E-state index contributed by atoms with van der Waals surface area (Å²) in [4.78, 5) is 6.18. The Morgan fingerprint density at radius 1 is 1.53 bits per heavy atom. The van der Waals surface area contributed by atoms with Crippen molar-refractivity contribution in [2.75, 3.05) is 31.7 Å². The lowest BCUT2D eigenvalue weighted by atomic mass is 10.3. The van der Waals surface area contributed by atoms with E-state index in [1.165, 1.54) is 12.8 Å². The predicted molar refractivity (Wildman–Crippen MR) is 67.0 cm³/mol. The van der Waals surface area contributed by atoms with Crippen LogP contribution in [0.2, 0.25) is 0 Å². The van der Waals surface area contributed by atoms with E-state index >= 15 is 0 Å². The summed E-state index contributed by atoms with van der Waals surface area (Å²) in [5, 5.41) is 9.02. The van der Waals surface area contributed by atoms with Gasteiger partial charge in [-0.3, -0.25) is 4.98 Å². The average Bonchev–Trinajstić information content (AvgIpc) is 3.18. The first-order valence-electron chi connectivity index (χ1n) is 6.14. The monoisotopic (exact) mass is 236 g/mol. The summed E-state index contributed by atoms with van der Waals surface area (Å²) in [7, 11) is 2.02. The molecule has 1 aliphatic carbocycles. The van der Waals surface area contributed by atoms with Gasteiger partial charge in [-0.05, 0) is 30.9 Å². The normalized spacial score (nSPS) is 14.9. The van der Waals surface area contributed by atoms with Gasteiger partial charge in [0.05, 0.1) is 18.9 Å². The largest absolute Gasteiger partial charge is 0.390 e. The van der Waals surface area contributed by atoms with E-state index in [-0.39, 0.29) is 6.61 Å². The lowest BCUT2D eigenvalue weighted by Gasteiger charge is -2.19. The van der Waals surface area contributed by atoms with Gasteiger partial charge in [0.2, 0.25) is 0 Å². The van der Waals surface area contributed by atoms with E-state index < -0.39 is 0 Å². The summed E-state index contributed by atoms with van der Waals surface area (Å²) in [6.07, 6.45) is 4.39. The fourth-order valence-electron chi connectivity index (χ4n) is 1.65. The third-order valence-electron chi connectivity index (χ3n) is 3.02. The number of ether oxygens (including phenoxy) is 1. The maximum absolute atomic E-state index is 9.02. The van der Waals surface area contributed by atoms with Gasteiger partial charge in [0.25, 0.3) is 0 Å². The van der Waals surface area contributed by atoms with Crippen LogP contribution in [-0.4, -0.2) is 36.9 Å². The van der Waals surface area contributed by atoms with E-state index in [9.17, 15) is 0 Å². The summed E-state index contributed by atoms with van der Waals surface area (Å²) in [5.74, 6) is 0.822. The van der Waals surface area contributed by atoms with Crippen molar-refractivity contribution in [2.24, 2.45) is 5.92 Å². The third kappa shape index (κ3) is 3.98. The van der Waals surface area contributed by atoms with Crippen LogP contribution in [-0.2, 0) is 11.3 Å². The van der Waals surface area contributed by atoms with Crippen molar-refractivity contribution in [3.05, 3.63) is 24.0 Å². The molecule has 1 aromatic rings. The van der Waals surface area contributed by atoms with Crippen LogP contribution in [0.5, 0.6) is 0 Å². The Kier molecular flexibility index (Phi) is 4.34. The van der Waals surface area contributed by atoms with Crippen LogP contribution in [0, 0.1) is 5.92 Å². The lowest BCUT2D eigenvalue weighted by Crippen LogP contribution is -2.23. The van der Waals surface area contributed by atoms with Crippen LogP contribution in [0.3, 0.4) is 0 Å². The van der Waals surface area contributed by atoms with Crippen molar-refractivity contribution in [2.45, 2.75) is 19.4 Å². The fraction of sp³-hybridized carbons (Fsp3) is 0.615. The van der Waals surface area contributed by atoms with Gasteiger partial charge in [-0.2, -0.15) is 0 Å². The molecule has 0 aromatic carbocycles. The number of pyridine rings is 1. The van der Waals surface area contributed by atoms with Crippen molar-refractivity contribution in [1.82, 2.24) is 4.98 Å². The SMILES string of the molecule is CN(CCOCC1CC1)c1ccnc(CO)c1. The number of likely N-dealkylation sites (N-methyl/N-ethyl adjacent to an activating group) is 1. The van der Waals surface area contributed by atoms with Crippen LogP contribution in [0.15, 0.2) is 18.3 Å². The highest BCUT2D eigenvalue weighted by molar-refractivity contribution is 5.45. The molecule has 94 valence electrons. The first kappa shape index (κ1) is 12.3. The number of aliphatic hydroxyl groups is 1. The van der Waals surface area contributed by atoms with E-state index in [1.54, 1.807) is 6.20 Å². The molecule has 1 fully saturated rings. The van der Waals surface area contributed by atoms with Gasteiger partial charge in [-0.25, -0.2) is 0 Å². The molecule has 2 rings (SSSR count). The molecule has 1 aliphatic rings. The highest BCUT2D eigenvalue weighted by atomic mass is 16.5. The highest BCUT2D eigenvalue weighted by Crippen LogP contribution is 2.28. The van der Waals surface area contributed by atoms with E-state index in [1.807, 2.05) is 19.2 Å². The van der Waals surface area contributed by atoms with E-state index in [0.717, 1.165) is 31.4 Å². The summed E-state index contributed by atoms with van der Waals surface area (Å²) < 4.78 is 5.60. The Morgan fingerprint density at radius 3 is 3.06 bits per heavy atom. The Bertz CT molecular complexity index is 353. The Balaban J connectivity index is 1.74. The van der Waals surface area contributed by atoms with Crippen LogP contribution in [0.1, 0.15) is 18.5 Å². The van der Waals surface area contributed by atoms with Crippen molar-refractivity contribution in [3.63, 3.8) is 0 Å². The molecule has 0 unspecified atom stereocenters. The molecular weight excluding hydrogens is 216 g/mol. The van der Waals surface area contributed by atoms with Gasteiger partial charge in [0, 0.05) is 32.1 Å². The standard InChI is InChI=1S/C13H20N2O2/c1-15(6-7-17-10-11-2-3-11)13-4-5-14-12(8-13)9-16/h4-5,8,11,16H,2-3,6-7,9-10H2,1H3. The zero-order valence-electron chi connectivity index (χ0n) is 10.3. The van der Waals surface area contributed by atoms with E-state index in [4.69, 9.17) is 9.84 Å². The van der Waals surface area contributed by atoms with Crippen LogP contribution in [0.25, 0.3) is 0 Å². The molecule has 0 aliphatic heterocycles. The first-order valence-corrected chi connectivity index (χ1v) is 6.14. The molecule has 0 saturated heterocycles. The van der Waals surface area contributed by atoms with Gasteiger partial charge >= 0.3 is 0 Å². The molecule has 1 aromatic heterocycles. The molecule has 0 spiro atoms. The summed E-state index contributed by atoms with van der Waals surface area (Å²) in [6.45, 7) is 2.51. The number of nitrogens with zero attached hydrogens (tertiary/aromatic N) is 2. The zero-order chi connectivity index (χ0) is 12.1. The smallest absolute Gasteiger partial charge is 0.0853 e. The number of aliphatic hydroxyl groups excluding tert-OH is 1. The highest BCUT2D eigenvalue weighted by Gasteiger charge is 2.20. The second kappa shape index (κ2) is 5.98. The quantitative estimate of drug-likeness (QED) is 0.728. The second-order valence-electron chi connectivity index (χ2n) is 4.60. The van der Waals surface area contributed by atoms with Gasteiger partial charge in [0.15, 0.2) is 0 Å². The lowest BCUT2D eigenvalue weighted by molar-refractivity contribution is 0.131. The van der Waals surface area contributed by atoms with Crippen molar-refractivity contribution in [1.29, 1.82) is 0 Å². The number of hydrogen-bond acceptors (Lipinski definition) is 4. The number of rotatable bonds is 7. The van der Waals surface area contributed by atoms with Crippen molar-refractivity contribution in [3.8, 4) is 0 Å². The van der Waals surface area contributed by atoms with Crippen molar-refractivity contribution < 1.29 is 9.84 Å². The molecule has 0 amide bonds. The van der Waals surface area contributed by atoms with E-state index in [0.29, 0.717) is 5.69 Å². The molecule has 1 N–H and O–H groups in total. The molecule has 1 saturated carbocycles. The molecular formula is C13H20N2O2. The molecule has 4 nitrogen and oxygen atoms in total. The van der Waals surface area contributed by atoms with Gasteiger partial charge in [-0.15, -0.1) is 0 Å². The number of aromatic nitrogens is 1. The van der Waals surface area contributed by atoms with E-state index in [2.05, 4.69) is 9.88 Å². The fourth-order valence-corrected chi connectivity index (χ4v) is 1.65.